The van der Waals surface area contributed by atoms with E-state index in [1.165, 1.54) is 6.07 Å². The topological polar surface area (TPSA) is 32.9 Å². The summed E-state index contributed by atoms with van der Waals surface area (Å²) in [5.74, 6) is 0. The Kier molecular flexibility index (Phi) is 1.71. The van der Waals surface area contributed by atoms with Gasteiger partial charge in [0.05, 0.1) is 0 Å². The largest absolute Gasteiger partial charge is 0.329 e. The molecule has 0 radical (unpaired) electrons. The van der Waals surface area contributed by atoms with Crippen molar-refractivity contribution in [1.29, 1.82) is 0 Å². The fraction of sp³-hybridized carbons (Fsp3) is 0.167. The molecule has 0 aromatic carbocycles. The molecule has 0 fully saturated rings. The van der Waals surface area contributed by atoms with Crippen molar-refractivity contribution in [2.24, 2.45) is 0 Å². The lowest BCUT2D eigenvalue weighted by Gasteiger charge is -1.91. The molecule has 9 heavy (non-hydrogen) atoms. The van der Waals surface area contributed by atoms with E-state index in [9.17, 15) is 4.79 Å². The number of rotatable bonds is 0. The summed E-state index contributed by atoms with van der Waals surface area (Å²) in [5, 5.41) is 0. The molecule has 2 nitrogen and oxygen atoms in total. The molecule has 1 heterocycles. The standard InChI is InChI=1S/C6H6BrNO/c1-4-3-8-6(9)2-5(4)7/h2-3H,1H3,(H,8,9). The van der Waals surface area contributed by atoms with Crippen molar-refractivity contribution < 1.29 is 0 Å². The van der Waals surface area contributed by atoms with Gasteiger partial charge in [-0.15, -0.1) is 0 Å². The van der Waals surface area contributed by atoms with E-state index in [1.807, 2.05) is 6.92 Å². The minimum atomic E-state index is -0.0764. The zero-order valence-corrected chi connectivity index (χ0v) is 6.53. The third kappa shape index (κ3) is 1.42. The van der Waals surface area contributed by atoms with E-state index in [1.54, 1.807) is 6.20 Å². The molecular formula is C6H6BrNO. The van der Waals surface area contributed by atoms with Crippen molar-refractivity contribution >= 4 is 15.9 Å². The highest BCUT2D eigenvalue weighted by Gasteiger charge is 1.91. The molecule has 0 aliphatic carbocycles. The summed E-state index contributed by atoms with van der Waals surface area (Å²) in [7, 11) is 0. The van der Waals surface area contributed by atoms with Crippen LogP contribution in [0.5, 0.6) is 0 Å². The maximum atomic E-state index is 10.6. The molecule has 3 heteroatoms. The van der Waals surface area contributed by atoms with Gasteiger partial charge in [-0.05, 0) is 12.5 Å². The number of pyridine rings is 1. The molecule has 0 saturated carbocycles. The van der Waals surface area contributed by atoms with Gasteiger partial charge < -0.3 is 4.98 Å². The number of aromatic nitrogens is 1. The Bertz CT molecular complexity index is 266. The summed E-state index contributed by atoms with van der Waals surface area (Å²) in [4.78, 5) is 13.1. The van der Waals surface area contributed by atoms with E-state index in [0.717, 1.165) is 10.0 Å². The highest BCUT2D eigenvalue weighted by atomic mass is 79.9. The Morgan fingerprint density at radius 1 is 1.67 bits per heavy atom. The van der Waals surface area contributed by atoms with Crippen LogP contribution >= 0.6 is 15.9 Å². The molecule has 0 aliphatic heterocycles. The van der Waals surface area contributed by atoms with E-state index in [2.05, 4.69) is 20.9 Å². The first-order valence-electron chi connectivity index (χ1n) is 2.55. The lowest BCUT2D eigenvalue weighted by atomic mass is 10.3. The minimum Gasteiger partial charge on any atom is -0.329 e. The molecule has 0 saturated heterocycles. The Labute approximate surface area is 61.0 Å². The molecule has 0 aliphatic rings. The van der Waals surface area contributed by atoms with Gasteiger partial charge in [0, 0.05) is 16.7 Å². The smallest absolute Gasteiger partial charge is 0.249 e. The summed E-state index contributed by atoms with van der Waals surface area (Å²) in [6, 6.07) is 1.51. The predicted molar refractivity (Wildman–Crippen MR) is 39.5 cm³/mol. The summed E-state index contributed by atoms with van der Waals surface area (Å²) in [6.07, 6.45) is 1.67. The lowest BCUT2D eigenvalue weighted by Crippen LogP contribution is -2.02. The highest BCUT2D eigenvalue weighted by Crippen LogP contribution is 2.09. The predicted octanol–water partition coefficient (Wildman–Crippen LogP) is 1.45. The van der Waals surface area contributed by atoms with E-state index in [4.69, 9.17) is 0 Å². The second-order valence-corrected chi connectivity index (χ2v) is 2.68. The third-order valence-electron chi connectivity index (χ3n) is 1.07. The SMILES string of the molecule is Cc1c[nH]c(=O)cc1Br. The Morgan fingerprint density at radius 2 is 2.33 bits per heavy atom. The number of nitrogens with one attached hydrogen (secondary N) is 1. The van der Waals surface area contributed by atoms with Crippen molar-refractivity contribution in [2.45, 2.75) is 6.92 Å². The van der Waals surface area contributed by atoms with Gasteiger partial charge in [-0.2, -0.15) is 0 Å². The zero-order valence-electron chi connectivity index (χ0n) is 4.94. The molecule has 1 aromatic rings. The van der Waals surface area contributed by atoms with Crippen LogP contribution in [0.2, 0.25) is 0 Å². The average Bonchev–Trinajstić information content (AvgIpc) is 1.80. The fourth-order valence-corrected chi connectivity index (χ4v) is 0.841. The maximum Gasteiger partial charge on any atom is 0.249 e. The van der Waals surface area contributed by atoms with Crippen molar-refractivity contribution in [3.63, 3.8) is 0 Å². The average molecular weight is 188 g/mol. The molecule has 48 valence electrons. The van der Waals surface area contributed by atoms with E-state index in [0.29, 0.717) is 0 Å². The molecule has 1 N–H and O–H groups in total. The fourth-order valence-electron chi connectivity index (χ4n) is 0.519. The van der Waals surface area contributed by atoms with Crippen LogP contribution < -0.4 is 5.56 Å². The first kappa shape index (κ1) is 6.55. The monoisotopic (exact) mass is 187 g/mol. The molecule has 0 bridgehead atoms. The van der Waals surface area contributed by atoms with Gasteiger partial charge in [0.15, 0.2) is 0 Å². The summed E-state index contributed by atoms with van der Waals surface area (Å²) in [6.45, 7) is 1.92. The zero-order chi connectivity index (χ0) is 6.85. The third-order valence-corrected chi connectivity index (χ3v) is 1.92. The molecule has 0 spiro atoms. The highest BCUT2D eigenvalue weighted by molar-refractivity contribution is 9.10. The van der Waals surface area contributed by atoms with Gasteiger partial charge in [-0.25, -0.2) is 0 Å². The van der Waals surface area contributed by atoms with Crippen LogP contribution in [0.1, 0.15) is 5.56 Å². The summed E-state index contributed by atoms with van der Waals surface area (Å²) in [5.41, 5.74) is 0.960. The molecule has 0 atom stereocenters. The van der Waals surface area contributed by atoms with E-state index in [-0.39, 0.29) is 5.56 Å². The van der Waals surface area contributed by atoms with Crippen molar-refractivity contribution in [3.8, 4) is 0 Å². The Hall–Kier alpha value is -0.570. The number of hydrogen-bond donors (Lipinski definition) is 1. The second-order valence-electron chi connectivity index (χ2n) is 1.83. The van der Waals surface area contributed by atoms with Gasteiger partial charge >= 0.3 is 0 Å². The van der Waals surface area contributed by atoms with Crippen LogP contribution in [-0.4, -0.2) is 4.98 Å². The molecule has 1 rings (SSSR count). The lowest BCUT2D eigenvalue weighted by molar-refractivity contribution is 1.18. The van der Waals surface area contributed by atoms with Crippen molar-refractivity contribution in [1.82, 2.24) is 4.98 Å². The van der Waals surface area contributed by atoms with Crippen LogP contribution in [0.15, 0.2) is 21.5 Å². The molecule has 1 aromatic heterocycles. The number of aryl methyl sites for hydroxylation is 1. The first-order chi connectivity index (χ1) is 4.20. The Morgan fingerprint density at radius 3 is 2.78 bits per heavy atom. The Balaban J connectivity index is 3.34. The van der Waals surface area contributed by atoms with Crippen LogP contribution in [0.25, 0.3) is 0 Å². The second kappa shape index (κ2) is 2.35. The number of aromatic amines is 1. The molecule has 0 unspecified atom stereocenters. The van der Waals surface area contributed by atoms with E-state index < -0.39 is 0 Å². The van der Waals surface area contributed by atoms with Gasteiger partial charge in [0.2, 0.25) is 5.56 Å². The normalized spacial score (nSPS) is 9.56. The summed E-state index contributed by atoms with van der Waals surface area (Å²) < 4.78 is 0.853. The van der Waals surface area contributed by atoms with Gasteiger partial charge in [0.1, 0.15) is 0 Å². The summed E-state index contributed by atoms with van der Waals surface area (Å²) >= 11 is 3.23. The van der Waals surface area contributed by atoms with Crippen molar-refractivity contribution in [3.05, 3.63) is 32.7 Å². The van der Waals surface area contributed by atoms with Crippen LogP contribution in [0.3, 0.4) is 0 Å². The molecule has 0 amide bonds. The first-order valence-corrected chi connectivity index (χ1v) is 3.34. The van der Waals surface area contributed by atoms with Gasteiger partial charge in [0.25, 0.3) is 0 Å². The van der Waals surface area contributed by atoms with Gasteiger partial charge in [-0.3, -0.25) is 4.79 Å². The van der Waals surface area contributed by atoms with Crippen LogP contribution in [0.4, 0.5) is 0 Å². The van der Waals surface area contributed by atoms with Gasteiger partial charge in [-0.1, -0.05) is 15.9 Å². The van der Waals surface area contributed by atoms with Crippen LogP contribution in [0, 0.1) is 6.92 Å². The van der Waals surface area contributed by atoms with Crippen LogP contribution in [-0.2, 0) is 0 Å². The quantitative estimate of drug-likeness (QED) is 0.656. The number of hydrogen-bond acceptors (Lipinski definition) is 1. The van der Waals surface area contributed by atoms with E-state index >= 15 is 0 Å². The van der Waals surface area contributed by atoms with Crippen molar-refractivity contribution in [2.75, 3.05) is 0 Å². The minimum absolute atomic E-state index is 0.0764. The number of H-pyrrole nitrogens is 1. The molecular weight excluding hydrogens is 182 g/mol. The maximum absolute atomic E-state index is 10.6. The number of halogens is 1.